The van der Waals surface area contributed by atoms with Gasteiger partial charge in [0.1, 0.15) is 6.29 Å². The van der Waals surface area contributed by atoms with E-state index in [2.05, 4.69) is 4.74 Å². The molecule has 1 aromatic carbocycles. The third-order valence-corrected chi connectivity index (χ3v) is 2.92. The second-order valence-corrected chi connectivity index (χ2v) is 4.12. The van der Waals surface area contributed by atoms with E-state index in [1.807, 2.05) is 0 Å². The summed E-state index contributed by atoms with van der Waals surface area (Å²) in [6.45, 7) is 0.946. The molecule has 5 nitrogen and oxygen atoms in total. The second-order valence-electron chi connectivity index (χ2n) is 4.12. The molecular formula is C13H13NO4. The fourth-order valence-electron chi connectivity index (χ4n) is 2.06. The monoisotopic (exact) mass is 247 g/mol. The molecular weight excluding hydrogens is 234 g/mol. The van der Waals surface area contributed by atoms with E-state index in [0.717, 1.165) is 11.8 Å². The van der Waals surface area contributed by atoms with Gasteiger partial charge in [0.25, 0.3) is 0 Å². The smallest absolute Gasteiger partial charge is 0.337 e. The van der Waals surface area contributed by atoms with E-state index in [-0.39, 0.29) is 18.9 Å². The van der Waals surface area contributed by atoms with Gasteiger partial charge in [0, 0.05) is 12.1 Å². The van der Waals surface area contributed by atoms with Crippen LogP contribution in [-0.4, -0.2) is 43.1 Å². The van der Waals surface area contributed by atoms with Crippen LogP contribution in [0.4, 0.5) is 0 Å². The maximum Gasteiger partial charge on any atom is 0.337 e. The summed E-state index contributed by atoms with van der Waals surface area (Å²) in [7, 11) is 1.31. The van der Waals surface area contributed by atoms with Crippen LogP contribution in [0.15, 0.2) is 18.2 Å². The van der Waals surface area contributed by atoms with Crippen molar-refractivity contribution in [2.24, 2.45) is 0 Å². The molecule has 0 radical (unpaired) electrons. The number of methoxy groups -OCH3 is 1. The van der Waals surface area contributed by atoms with E-state index >= 15 is 0 Å². The van der Waals surface area contributed by atoms with Crippen LogP contribution in [0.3, 0.4) is 0 Å². The first-order valence-electron chi connectivity index (χ1n) is 5.56. The summed E-state index contributed by atoms with van der Waals surface area (Å²) in [5.74, 6) is -0.465. The van der Waals surface area contributed by atoms with Gasteiger partial charge in [-0.15, -0.1) is 0 Å². The number of nitrogens with zero attached hydrogens (tertiary/aromatic N) is 1. The van der Waals surface area contributed by atoms with Gasteiger partial charge in [0.15, 0.2) is 5.78 Å². The number of Topliss-reactive ketones (excluding diaryl/α,β-unsaturated/α-hetero) is 1. The SMILES string of the molecule is COC(=O)c1ccc2c(c1)CN(CC=O)CC2=O. The predicted octanol–water partition coefficient (Wildman–Crippen LogP) is 0.670. The van der Waals surface area contributed by atoms with E-state index in [1.54, 1.807) is 23.1 Å². The van der Waals surface area contributed by atoms with Gasteiger partial charge < -0.3 is 9.53 Å². The number of hydrogen-bond donors (Lipinski definition) is 0. The Bertz CT molecular complexity index is 510. The number of carbonyl (C=O) groups is 3. The van der Waals surface area contributed by atoms with Crippen molar-refractivity contribution in [2.75, 3.05) is 20.2 Å². The van der Waals surface area contributed by atoms with E-state index in [9.17, 15) is 14.4 Å². The Balaban J connectivity index is 2.33. The van der Waals surface area contributed by atoms with E-state index in [4.69, 9.17) is 0 Å². The summed E-state index contributed by atoms with van der Waals surface area (Å²) in [6.07, 6.45) is 0.766. The van der Waals surface area contributed by atoms with Crippen LogP contribution >= 0.6 is 0 Å². The predicted molar refractivity (Wildman–Crippen MR) is 63.5 cm³/mol. The minimum Gasteiger partial charge on any atom is -0.465 e. The van der Waals surface area contributed by atoms with E-state index < -0.39 is 5.97 Å². The highest BCUT2D eigenvalue weighted by atomic mass is 16.5. The summed E-state index contributed by atoms with van der Waals surface area (Å²) >= 11 is 0. The van der Waals surface area contributed by atoms with Crippen LogP contribution in [0, 0.1) is 0 Å². The number of hydrogen-bond acceptors (Lipinski definition) is 5. The average Bonchev–Trinajstić information content (AvgIpc) is 2.37. The van der Waals surface area contributed by atoms with Gasteiger partial charge >= 0.3 is 5.97 Å². The molecule has 0 aromatic heterocycles. The molecule has 1 aromatic rings. The highest BCUT2D eigenvalue weighted by Gasteiger charge is 2.23. The fraction of sp³-hybridized carbons (Fsp3) is 0.308. The van der Waals surface area contributed by atoms with Crippen LogP contribution in [0.25, 0.3) is 0 Å². The van der Waals surface area contributed by atoms with E-state index in [0.29, 0.717) is 17.7 Å². The zero-order valence-electron chi connectivity index (χ0n) is 10.0. The Morgan fingerprint density at radius 1 is 1.44 bits per heavy atom. The quantitative estimate of drug-likeness (QED) is 0.580. The van der Waals surface area contributed by atoms with Gasteiger partial charge in [-0.05, 0) is 17.7 Å². The number of benzene rings is 1. The zero-order chi connectivity index (χ0) is 13.1. The average molecular weight is 247 g/mol. The van der Waals surface area contributed by atoms with Gasteiger partial charge in [-0.1, -0.05) is 6.07 Å². The molecule has 0 saturated carbocycles. The maximum atomic E-state index is 11.8. The molecule has 1 aliphatic rings. The van der Waals surface area contributed by atoms with Crippen molar-refractivity contribution in [1.82, 2.24) is 4.90 Å². The number of esters is 1. The van der Waals surface area contributed by atoms with Crippen LogP contribution in [-0.2, 0) is 16.1 Å². The highest BCUT2D eigenvalue weighted by molar-refractivity contribution is 6.01. The van der Waals surface area contributed by atoms with Crippen molar-refractivity contribution in [1.29, 1.82) is 0 Å². The van der Waals surface area contributed by atoms with Crippen molar-refractivity contribution in [3.05, 3.63) is 34.9 Å². The number of carbonyl (C=O) groups excluding carboxylic acids is 3. The lowest BCUT2D eigenvalue weighted by molar-refractivity contribution is -0.108. The molecule has 1 heterocycles. The second kappa shape index (κ2) is 5.10. The lowest BCUT2D eigenvalue weighted by Crippen LogP contribution is -2.36. The third kappa shape index (κ3) is 2.31. The molecule has 94 valence electrons. The van der Waals surface area contributed by atoms with Crippen molar-refractivity contribution >= 4 is 18.0 Å². The molecule has 0 bridgehead atoms. The van der Waals surface area contributed by atoms with Gasteiger partial charge in [-0.25, -0.2) is 4.79 Å². The third-order valence-electron chi connectivity index (χ3n) is 2.92. The molecule has 18 heavy (non-hydrogen) atoms. The zero-order valence-corrected chi connectivity index (χ0v) is 10.0. The Morgan fingerprint density at radius 2 is 2.22 bits per heavy atom. The van der Waals surface area contributed by atoms with Crippen LogP contribution in [0.2, 0.25) is 0 Å². The number of fused-ring (bicyclic) bond motifs is 1. The van der Waals surface area contributed by atoms with Gasteiger partial charge in [0.05, 0.1) is 25.8 Å². The molecule has 5 heteroatoms. The molecule has 0 atom stereocenters. The summed E-state index contributed by atoms with van der Waals surface area (Å²) in [4.78, 5) is 35.5. The van der Waals surface area contributed by atoms with Crippen LogP contribution in [0.5, 0.6) is 0 Å². The molecule has 0 unspecified atom stereocenters. The maximum absolute atomic E-state index is 11.8. The fourth-order valence-corrected chi connectivity index (χ4v) is 2.06. The number of rotatable bonds is 3. The Hall–Kier alpha value is -2.01. The van der Waals surface area contributed by atoms with Crippen molar-refractivity contribution in [3.63, 3.8) is 0 Å². The summed E-state index contributed by atoms with van der Waals surface area (Å²) in [5, 5.41) is 0. The molecule has 0 N–H and O–H groups in total. The summed E-state index contributed by atoms with van der Waals surface area (Å²) < 4.78 is 4.63. The molecule has 2 rings (SSSR count). The van der Waals surface area contributed by atoms with Crippen LogP contribution < -0.4 is 0 Å². The summed E-state index contributed by atoms with van der Waals surface area (Å²) in [5.41, 5.74) is 1.79. The first kappa shape index (κ1) is 12.4. The first-order valence-corrected chi connectivity index (χ1v) is 5.56. The first-order chi connectivity index (χ1) is 8.65. The Kier molecular flexibility index (Phi) is 3.53. The molecule has 0 spiro atoms. The standard InChI is InChI=1S/C13H13NO4/c1-18-13(17)9-2-3-11-10(6-9)7-14(4-5-15)8-12(11)16/h2-3,5-6H,4,7-8H2,1H3. The molecule has 0 fully saturated rings. The Labute approximate surface area is 104 Å². The van der Waals surface area contributed by atoms with Crippen LogP contribution in [0.1, 0.15) is 26.3 Å². The summed E-state index contributed by atoms with van der Waals surface area (Å²) in [6, 6.07) is 4.87. The number of aldehydes is 1. The van der Waals surface area contributed by atoms with Crippen molar-refractivity contribution in [3.8, 4) is 0 Å². The van der Waals surface area contributed by atoms with Crippen molar-refractivity contribution < 1.29 is 19.1 Å². The molecule has 0 aliphatic carbocycles. The van der Waals surface area contributed by atoms with Gasteiger partial charge in [-0.2, -0.15) is 0 Å². The number of ketones is 1. The molecule has 1 aliphatic heterocycles. The van der Waals surface area contributed by atoms with Gasteiger partial charge in [-0.3, -0.25) is 9.69 Å². The topological polar surface area (TPSA) is 63.7 Å². The molecule has 0 amide bonds. The lowest BCUT2D eigenvalue weighted by Gasteiger charge is -2.26. The number of ether oxygens (including phenoxy) is 1. The Morgan fingerprint density at radius 3 is 2.89 bits per heavy atom. The van der Waals surface area contributed by atoms with E-state index in [1.165, 1.54) is 7.11 Å². The molecule has 0 saturated heterocycles. The minimum atomic E-state index is -0.433. The minimum absolute atomic E-state index is 0.0329. The lowest BCUT2D eigenvalue weighted by atomic mass is 9.96. The van der Waals surface area contributed by atoms with Crippen molar-refractivity contribution in [2.45, 2.75) is 6.54 Å². The highest BCUT2D eigenvalue weighted by Crippen LogP contribution is 2.20. The largest absolute Gasteiger partial charge is 0.465 e. The normalized spacial score (nSPS) is 15.1. The van der Waals surface area contributed by atoms with Gasteiger partial charge in [0.2, 0.25) is 0 Å².